The first-order valence-electron chi connectivity index (χ1n) is 2.14. The van der Waals surface area contributed by atoms with E-state index in [1.54, 1.807) is 0 Å². The number of halogens is 2. The first kappa shape index (κ1) is 10.8. The molecule has 0 saturated heterocycles. The second kappa shape index (κ2) is 5.49. The predicted octanol–water partition coefficient (Wildman–Crippen LogP) is 2.75. The minimum absolute atomic E-state index is 0.191. The van der Waals surface area contributed by atoms with Crippen molar-refractivity contribution in [3.05, 3.63) is 12.7 Å². The fraction of sp³-hybridized carbons (Fsp3) is 0.333. The molecule has 0 saturated carbocycles. The molecule has 0 aromatic heterocycles. The number of rotatable bonds is 5. The van der Waals surface area contributed by atoms with E-state index in [1.165, 1.54) is 6.08 Å². The molecule has 0 unspecified atom stereocenters. The Labute approximate surface area is 74.5 Å². The van der Waals surface area contributed by atoms with Gasteiger partial charge >= 0.3 is 6.72 Å². The molecular weight excluding hydrogens is 218 g/mol. The third-order valence-corrected chi connectivity index (χ3v) is 3.67. The zero-order valence-corrected chi connectivity index (χ0v) is 8.05. The standard InChI is InChI=1S/C3H5Cl2O3PS/c1-2-3-6-9(10,7-4)8-5/h2H,1,3H2. The summed E-state index contributed by atoms with van der Waals surface area (Å²) in [7, 11) is 0. The molecule has 0 aliphatic carbocycles. The Morgan fingerprint density at radius 2 is 2.00 bits per heavy atom. The summed E-state index contributed by atoms with van der Waals surface area (Å²) in [6.07, 6.45) is 1.48. The van der Waals surface area contributed by atoms with Crippen LogP contribution < -0.4 is 0 Å². The highest BCUT2D eigenvalue weighted by atomic mass is 35.5. The lowest BCUT2D eigenvalue weighted by Gasteiger charge is -2.10. The van der Waals surface area contributed by atoms with Crippen molar-refractivity contribution in [3.8, 4) is 0 Å². The Bertz CT molecular complexity index is 145. The molecular formula is C3H5Cl2O3PS. The molecule has 0 atom stereocenters. The Morgan fingerprint density at radius 3 is 2.30 bits per heavy atom. The third-order valence-electron chi connectivity index (χ3n) is 0.520. The van der Waals surface area contributed by atoms with E-state index in [-0.39, 0.29) is 6.61 Å². The van der Waals surface area contributed by atoms with Crippen molar-refractivity contribution >= 4 is 42.3 Å². The van der Waals surface area contributed by atoms with Crippen LogP contribution in [0.3, 0.4) is 0 Å². The molecule has 0 spiro atoms. The van der Waals surface area contributed by atoms with E-state index in [9.17, 15) is 0 Å². The molecule has 60 valence electrons. The molecule has 3 nitrogen and oxygen atoms in total. The molecule has 0 aliphatic heterocycles. The molecule has 0 aromatic rings. The Kier molecular flexibility index (Phi) is 5.96. The van der Waals surface area contributed by atoms with Crippen molar-refractivity contribution in [1.29, 1.82) is 0 Å². The van der Waals surface area contributed by atoms with Gasteiger partial charge in [0.1, 0.15) is 0 Å². The maximum Gasteiger partial charge on any atom is 0.361 e. The topological polar surface area (TPSA) is 27.7 Å². The smallest absolute Gasteiger partial charge is 0.303 e. The van der Waals surface area contributed by atoms with Crippen LogP contribution in [0.1, 0.15) is 0 Å². The van der Waals surface area contributed by atoms with Crippen LogP contribution in [0.2, 0.25) is 0 Å². The predicted molar refractivity (Wildman–Crippen MR) is 44.3 cm³/mol. The van der Waals surface area contributed by atoms with Gasteiger partial charge in [0.25, 0.3) is 0 Å². The highest BCUT2D eigenvalue weighted by Crippen LogP contribution is 2.52. The summed E-state index contributed by atoms with van der Waals surface area (Å²) in [5.74, 6) is 0. The fourth-order valence-electron chi connectivity index (χ4n) is 0.194. The van der Waals surface area contributed by atoms with Gasteiger partial charge in [-0.2, -0.15) is 8.15 Å². The van der Waals surface area contributed by atoms with E-state index >= 15 is 0 Å². The SMILES string of the molecule is C=CCOP(=S)(OCl)OCl. The van der Waals surface area contributed by atoms with E-state index in [0.717, 1.165) is 0 Å². The van der Waals surface area contributed by atoms with Gasteiger partial charge in [-0.25, -0.2) is 0 Å². The van der Waals surface area contributed by atoms with Crippen LogP contribution in [0.25, 0.3) is 0 Å². The van der Waals surface area contributed by atoms with Crippen LogP contribution in [0.15, 0.2) is 12.7 Å². The van der Waals surface area contributed by atoms with Gasteiger partial charge in [0.2, 0.25) is 0 Å². The highest BCUT2D eigenvalue weighted by Gasteiger charge is 2.18. The van der Waals surface area contributed by atoms with Crippen molar-refractivity contribution < 1.29 is 12.7 Å². The van der Waals surface area contributed by atoms with Crippen LogP contribution >= 0.6 is 30.5 Å². The second-order valence-corrected chi connectivity index (χ2v) is 4.77. The van der Waals surface area contributed by atoms with Gasteiger partial charge < -0.3 is 4.52 Å². The van der Waals surface area contributed by atoms with E-state index in [4.69, 9.17) is 28.3 Å². The quantitative estimate of drug-likeness (QED) is 0.529. The van der Waals surface area contributed by atoms with Crippen molar-refractivity contribution in [1.82, 2.24) is 0 Å². The van der Waals surface area contributed by atoms with E-state index in [1.807, 2.05) is 0 Å². The van der Waals surface area contributed by atoms with Gasteiger partial charge in [0.15, 0.2) is 0 Å². The summed E-state index contributed by atoms with van der Waals surface area (Å²) in [6.45, 7) is 0.668. The van der Waals surface area contributed by atoms with Gasteiger partial charge in [0.05, 0.1) is 30.3 Å². The van der Waals surface area contributed by atoms with Crippen molar-refractivity contribution in [3.63, 3.8) is 0 Å². The van der Waals surface area contributed by atoms with Crippen molar-refractivity contribution in [2.24, 2.45) is 0 Å². The molecule has 0 fully saturated rings. The fourth-order valence-corrected chi connectivity index (χ4v) is 1.26. The molecule has 10 heavy (non-hydrogen) atoms. The minimum Gasteiger partial charge on any atom is -0.303 e. The average Bonchev–Trinajstić information content (AvgIpc) is 2.00. The first-order valence-corrected chi connectivity index (χ1v) is 5.32. The molecule has 0 rings (SSSR count). The van der Waals surface area contributed by atoms with Gasteiger partial charge in [-0.05, 0) is 11.8 Å². The van der Waals surface area contributed by atoms with Crippen LogP contribution in [-0.2, 0) is 24.5 Å². The largest absolute Gasteiger partial charge is 0.361 e. The lowest BCUT2D eigenvalue weighted by molar-refractivity contribution is 0.304. The molecule has 0 amide bonds. The van der Waals surface area contributed by atoms with Crippen molar-refractivity contribution in [2.45, 2.75) is 0 Å². The molecule has 0 bridgehead atoms. The van der Waals surface area contributed by atoms with Crippen LogP contribution in [0.5, 0.6) is 0 Å². The molecule has 0 radical (unpaired) electrons. The van der Waals surface area contributed by atoms with Gasteiger partial charge in [0, 0.05) is 0 Å². The summed E-state index contributed by atoms with van der Waals surface area (Å²) < 4.78 is 13.1. The minimum atomic E-state index is -2.90. The third kappa shape index (κ3) is 3.88. The normalized spacial score (nSPS) is 11.4. The summed E-state index contributed by atoms with van der Waals surface area (Å²) in [5, 5.41) is 0. The first-order chi connectivity index (χ1) is 4.68. The summed E-state index contributed by atoms with van der Waals surface area (Å²) in [4.78, 5) is 0. The second-order valence-electron chi connectivity index (χ2n) is 1.17. The molecule has 7 heteroatoms. The van der Waals surface area contributed by atoms with Crippen LogP contribution in [-0.4, -0.2) is 6.61 Å². The maximum atomic E-state index is 4.92. The highest BCUT2D eigenvalue weighted by molar-refractivity contribution is 8.08. The summed E-state index contributed by atoms with van der Waals surface area (Å²) in [6, 6.07) is 0. The zero-order chi connectivity index (χ0) is 8.04. The van der Waals surface area contributed by atoms with Crippen molar-refractivity contribution in [2.75, 3.05) is 6.61 Å². The van der Waals surface area contributed by atoms with E-state index in [0.29, 0.717) is 0 Å². The maximum absolute atomic E-state index is 4.92. The lowest BCUT2D eigenvalue weighted by atomic mass is 10.7. The number of hydrogen-bond acceptors (Lipinski definition) is 4. The molecule has 0 heterocycles. The van der Waals surface area contributed by atoms with Gasteiger partial charge in [-0.15, -0.1) is 6.58 Å². The van der Waals surface area contributed by atoms with E-state index in [2.05, 4.69) is 26.5 Å². The Balaban J connectivity index is 3.81. The zero-order valence-electron chi connectivity index (χ0n) is 4.83. The molecule has 0 aliphatic rings. The Hall–Kier alpha value is 0.850. The van der Waals surface area contributed by atoms with Crippen LogP contribution in [0.4, 0.5) is 0 Å². The molecule has 0 N–H and O–H groups in total. The van der Waals surface area contributed by atoms with Gasteiger partial charge in [-0.3, -0.25) is 0 Å². The number of hydrogen-bond donors (Lipinski definition) is 0. The monoisotopic (exact) mass is 222 g/mol. The average molecular weight is 223 g/mol. The van der Waals surface area contributed by atoms with Gasteiger partial charge in [-0.1, -0.05) is 6.08 Å². The summed E-state index contributed by atoms with van der Waals surface area (Å²) >= 11 is 14.4. The summed E-state index contributed by atoms with van der Waals surface area (Å²) in [5.41, 5.74) is 0. The Morgan fingerprint density at radius 1 is 1.50 bits per heavy atom. The molecule has 0 aromatic carbocycles. The van der Waals surface area contributed by atoms with Crippen LogP contribution in [0, 0.1) is 0 Å². The van der Waals surface area contributed by atoms with E-state index < -0.39 is 6.72 Å². The lowest BCUT2D eigenvalue weighted by Crippen LogP contribution is -1.88.